The van der Waals surface area contributed by atoms with Crippen molar-refractivity contribution in [2.24, 2.45) is 11.8 Å². The van der Waals surface area contributed by atoms with Gasteiger partial charge in [-0.3, -0.25) is 4.79 Å². The number of anilines is 2. The highest BCUT2D eigenvalue weighted by molar-refractivity contribution is 5.90. The summed E-state index contributed by atoms with van der Waals surface area (Å²) in [6, 6.07) is 7.26. The molecule has 116 valence electrons. The molecule has 4 heteroatoms. The third kappa shape index (κ3) is 5.05. The van der Waals surface area contributed by atoms with Crippen LogP contribution < -0.4 is 11.1 Å². The number of rotatable bonds is 5. The van der Waals surface area contributed by atoms with Crippen molar-refractivity contribution in [1.82, 2.24) is 4.90 Å². The number of hydrogen-bond donors (Lipinski definition) is 2. The summed E-state index contributed by atoms with van der Waals surface area (Å²) in [5.74, 6) is 1.68. The Labute approximate surface area is 127 Å². The van der Waals surface area contributed by atoms with E-state index in [0.29, 0.717) is 12.1 Å². The first-order valence-corrected chi connectivity index (χ1v) is 7.92. The fourth-order valence-corrected chi connectivity index (χ4v) is 2.81. The monoisotopic (exact) mass is 289 g/mol. The number of nitrogens with two attached hydrogens (primary N) is 1. The van der Waals surface area contributed by atoms with E-state index in [9.17, 15) is 4.79 Å². The molecule has 1 heterocycles. The fraction of sp³-hybridized carbons (Fsp3) is 0.588. The number of nitrogens with zero attached hydrogens (tertiary/aromatic N) is 1. The first kappa shape index (κ1) is 15.8. The van der Waals surface area contributed by atoms with Gasteiger partial charge in [-0.15, -0.1) is 0 Å². The molecule has 0 spiro atoms. The lowest BCUT2D eigenvalue weighted by Crippen LogP contribution is -2.39. The highest BCUT2D eigenvalue weighted by Crippen LogP contribution is 2.22. The van der Waals surface area contributed by atoms with Gasteiger partial charge in [-0.2, -0.15) is 0 Å². The Hall–Kier alpha value is -1.55. The largest absolute Gasteiger partial charge is 0.399 e. The average molecular weight is 289 g/mol. The molecule has 1 fully saturated rings. The molecule has 3 N–H and O–H groups in total. The SMILES string of the molecule is CC1CCN(CCCC(=O)Nc2ccc(N)cc2)CC1C. The van der Waals surface area contributed by atoms with E-state index >= 15 is 0 Å². The predicted molar refractivity (Wildman–Crippen MR) is 88.1 cm³/mol. The van der Waals surface area contributed by atoms with E-state index in [4.69, 9.17) is 5.73 Å². The van der Waals surface area contributed by atoms with Gasteiger partial charge in [-0.25, -0.2) is 0 Å². The molecule has 0 radical (unpaired) electrons. The van der Waals surface area contributed by atoms with Crippen LogP contribution in [0.1, 0.15) is 33.1 Å². The van der Waals surface area contributed by atoms with Crippen LogP contribution in [0, 0.1) is 11.8 Å². The molecular formula is C17H27N3O. The molecule has 1 aromatic rings. The van der Waals surface area contributed by atoms with Gasteiger partial charge in [0.15, 0.2) is 0 Å². The number of hydrogen-bond acceptors (Lipinski definition) is 3. The Morgan fingerprint density at radius 3 is 2.67 bits per heavy atom. The summed E-state index contributed by atoms with van der Waals surface area (Å²) in [4.78, 5) is 14.4. The molecule has 1 aromatic carbocycles. The quantitative estimate of drug-likeness (QED) is 0.819. The van der Waals surface area contributed by atoms with Crippen LogP contribution in [0.5, 0.6) is 0 Å². The van der Waals surface area contributed by atoms with Crippen LogP contribution in [0.15, 0.2) is 24.3 Å². The standard InChI is InChI=1S/C17H27N3O/c1-13-9-11-20(12-14(13)2)10-3-4-17(21)19-16-7-5-15(18)6-8-16/h5-8,13-14H,3-4,9-12,18H2,1-2H3,(H,19,21). The van der Waals surface area contributed by atoms with Gasteiger partial charge < -0.3 is 16.0 Å². The summed E-state index contributed by atoms with van der Waals surface area (Å²) in [6.07, 6.45) is 2.77. The Bertz CT molecular complexity index is 458. The van der Waals surface area contributed by atoms with Crippen molar-refractivity contribution in [2.75, 3.05) is 30.7 Å². The van der Waals surface area contributed by atoms with Crippen molar-refractivity contribution < 1.29 is 4.79 Å². The van der Waals surface area contributed by atoms with Crippen LogP contribution in [0.4, 0.5) is 11.4 Å². The van der Waals surface area contributed by atoms with Crippen LogP contribution in [0.3, 0.4) is 0 Å². The van der Waals surface area contributed by atoms with Gasteiger partial charge in [0.1, 0.15) is 0 Å². The molecule has 0 aliphatic carbocycles. The molecule has 21 heavy (non-hydrogen) atoms. The lowest BCUT2D eigenvalue weighted by molar-refractivity contribution is -0.116. The van der Waals surface area contributed by atoms with E-state index < -0.39 is 0 Å². The average Bonchev–Trinajstić information content (AvgIpc) is 2.45. The fourth-order valence-electron chi connectivity index (χ4n) is 2.81. The van der Waals surface area contributed by atoms with Gasteiger partial charge in [0.25, 0.3) is 0 Å². The molecule has 0 aromatic heterocycles. The highest BCUT2D eigenvalue weighted by Gasteiger charge is 2.22. The smallest absolute Gasteiger partial charge is 0.224 e. The molecule has 0 saturated carbocycles. The van der Waals surface area contributed by atoms with Crippen molar-refractivity contribution in [3.63, 3.8) is 0 Å². The maximum atomic E-state index is 11.9. The van der Waals surface area contributed by atoms with Crippen molar-refractivity contribution >= 4 is 17.3 Å². The minimum Gasteiger partial charge on any atom is -0.399 e. The summed E-state index contributed by atoms with van der Waals surface area (Å²) in [7, 11) is 0. The molecule has 0 bridgehead atoms. The van der Waals surface area contributed by atoms with Crippen LogP contribution in [0.2, 0.25) is 0 Å². The van der Waals surface area contributed by atoms with Gasteiger partial charge >= 0.3 is 0 Å². The Kier molecular flexibility index (Phi) is 5.62. The van der Waals surface area contributed by atoms with Gasteiger partial charge in [0.05, 0.1) is 0 Å². The van der Waals surface area contributed by atoms with Gasteiger partial charge in [0, 0.05) is 24.3 Å². The van der Waals surface area contributed by atoms with E-state index in [1.54, 1.807) is 12.1 Å². The number of likely N-dealkylation sites (tertiary alicyclic amines) is 1. The number of benzene rings is 1. The second-order valence-electron chi connectivity index (χ2n) is 6.32. The summed E-state index contributed by atoms with van der Waals surface area (Å²) >= 11 is 0. The van der Waals surface area contributed by atoms with Gasteiger partial charge in [0.2, 0.25) is 5.91 Å². The number of carbonyl (C=O) groups is 1. The molecule has 1 aliphatic heterocycles. The van der Waals surface area contributed by atoms with Crippen LogP contribution in [-0.4, -0.2) is 30.4 Å². The molecule has 2 rings (SSSR count). The summed E-state index contributed by atoms with van der Waals surface area (Å²) < 4.78 is 0. The van der Waals surface area contributed by atoms with E-state index in [1.807, 2.05) is 12.1 Å². The molecular weight excluding hydrogens is 262 g/mol. The highest BCUT2D eigenvalue weighted by atomic mass is 16.1. The number of nitrogen functional groups attached to an aromatic ring is 1. The zero-order valence-electron chi connectivity index (χ0n) is 13.1. The van der Waals surface area contributed by atoms with Crippen molar-refractivity contribution in [1.29, 1.82) is 0 Å². The van der Waals surface area contributed by atoms with Crippen LogP contribution in [0.25, 0.3) is 0 Å². The number of amides is 1. The zero-order chi connectivity index (χ0) is 15.2. The lowest BCUT2D eigenvalue weighted by Gasteiger charge is -2.35. The summed E-state index contributed by atoms with van der Waals surface area (Å²) in [5, 5.41) is 2.91. The Morgan fingerprint density at radius 2 is 2.00 bits per heavy atom. The minimum absolute atomic E-state index is 0.0817. The molecule has 2 atom stereocenters. The van der Waals surface area contributed by atoms with E-state index in [1.165, 1.54) is 19.5 Å². The lowest BCUT2D eigenvalue weighted by atomic mass is 9.88. The minimum atomic E-state index is 0.0817. The zero-order valence-corrected chi connectivity index (χ0v) is 13.1. The normalized spacial score (nSPS) is 23.0. The molecule has 4 nitrogen and oxygen atoms in total. The first-order chi connectivity index (χ1) is 10.0. The van der Waals surface area contributed by atoms with E-state index in [0.717, 1.165) is 30.5 Å². The number of nitrogens with one attached hydrogen (secondary N) is 1. The van der Waals surface area contributed by atoms with Crippen molar-refractivity contribution in [2.45, 2.75) is 33.1 Å². The third-order valence-corrected chi connectivity index (χ3v) is 4.49. The van der Waals surface area contributed by atoms with Gasteiger partial charge in [-0.05, 0) is 62.0 Å². The van der Waals surface area contributed by atoms with Crippen molar-refractivity contribution in [3.05, 3.63) is 24.3 Å². The second-order valence-corrected chi connectivity index (χ2v) is 6.32. The molecule has 1 amide bonds. The van der Waals surface area contributed by atoms with Gasteiger partial charge in [-0.1, -0.05) is 13.8 Å². The second kappa shape index (κ2) is 7.46. The van der Waals surface area contributed by atoms with E-state index in [-0.39, 0.29) is 5.91 Å². The molecule has 1 aliphatic rings. The molecule has 1 saturated heterocycles. The van der Waals surface area contributed by atoms with Crippen molar-refractivity contribution in [3.8, 4) is 0 Å². The van der Waals surface area contributed by atoms with Crippen LogP contribution in [-0.2, 0) is 4.79 Å². The number of carbonyl (C=O) groups excluding carboxylic acids is 1. The van der Waals surface area contributed by atoms with E-state index in [2.05, 4.69) is 24.1 Å². The molecule has 2 unspecified atom stereocenters. The summed E-state index contributed by atoms with van der Waals surface area (Å²) in [6.45, 7) is 8.02. The third-order valence-electron chi connectivity index (χ3n) is 4.49. The predicted octanol–water partition coefficient (Wildman–Crippen LogP) is 2.97. The first-order valence-electron chi connectivity index (χ1n) is 7.92. The number of piperidine rings is 1. The Balaban J connectivity index is 1.66. The maximum absolute atomic E-state index is 11.9. The van der Waals surface area contributed by atoms with Crippen LogP contribution >= 0.6 is 0 Å². The Morgan fingerprint density at radius 1 is 1.29 bits per heavy atom. The summed E-state index contributed by atoms with van der Waals surface area (Å²) in [5.41, 5.74) is 7.15. The maximum Gasteiger partial charge on any atom is 0.224 e. The topological polar surface area (TPSA) is 58.4 Å².